The Hall–Kier alpha value is -2.19. The second kappa shape index (κ2) is 7.59. The van der Waals surface area contributed by atoms with Crippen LogP contribution in [0, 0.1) is 0 Å². The van der Waals surface area contributed by atoms with Gasteiger partial charge in [0.05, 0.1) is 0 Å². The van der Waals surface area contributed by atoms with Gasteiger partial charge < -0.3 is 9.05 Å². The molecule has 0 aliphatic carbocycles. The molecular weight excluding hydrogens is 389 g/mol. The van der Waals surface area contributed by atoms with Gasteiger partial charge in [0.15, 0.2) is 0 Å². The van der Waals surface area contributed by atoms with Gasteiger partial charge in [-0.1, -0.05) is 36.4 Å². The Bertz CT molecular complexity index is 689. The van der Waals surface area contributed by atoms with Crippen LogP contribution in [0.1, 0.15) is 0 Å². The van der Waals surface area contributed by atoms with E-state index in [2.05, 4.69) is 4.52 Å². The van der Waals surface area contributed by atoms with Crippen molar-refractivity contribution in [2.75, 3.05) is 0 Å². The van der Waals surface area contributed by atoms with Crippen LogP contribution in [0.2, 0.25) is 0 Å². The number of phosphoric acid groups is 1. The minimum atomic E-state index is -5.88. The fourth-order valence-electron chi connectivity index (χ4n) is 1.72. The van der Waals surface area contributed by atoms with Gasteiger partial charge in [-0.25, -0.2) is 9.09 Å². The number of rotatable bonds is 6. The van der Waals surface area contributed by atoms with Crippen molar-refractivity contribution in [1.29, 1.82) is 0 Å². The van der Waals surface area contributed by atoms with E-state index in [0.717, 1.165) is 0 Å². The molecule has 0 fully saturated rings. The Kier molecular flexibility index (Phi) is 5.87. The SMILES string of the molecule is O=P(Oc1ccccc1)(Oc1ccccc1)OC(C(F)(F)F)C(F)(F)F. The van der Waals surface area contributed by atoms with Crippen LogP contribution in [-0.4, -0.2) is 18.5 Å². The molecule has 0 atom stereocenters. The molecule has 26 heavy (non-hydrogen) atoms. The number of benzene rings is 2. The molecule has 0 amide bonds. The molecule has 0 bridgehead atoms. The summed E-state index contributed by atoms with van der Waals surface area (Å²) in [6.07, 6.45) is -16.1. The largest absolute Gasteiger partial charge is 0.588 e. The zero-order valence-corrected chi connectivity index (χ0v) is 13.6. The first-order valence-corrected chi connectivity index (χ1v) is 8.37. The van der Waals surface area contributed by atoms with Crippen LogP contribution < -0.4 is 9.05 Å². The van der Waals surface area contributed by atoms with Crippen molar-refractivity contribution in [3.8, 4) is 11.5 Å². The lowest BCUT2D eigenvalue weighted by Crippen LogP contribution is -2.44. The third-order valence-corrected chi connectivity index (χ3v) is 4.09. The summed E-state index contributed by atoms with van der Waals surface area (Å²) < 4.78 is 102. The summed E-state index contributed by atoms with van der Waals surface area (Å²) >= 11 is 0. The highest BCUT2D eigenvalue weighted by atomic mass is 31.2. The highest BCUT2D eigenvalue weighted by Crippen LogP contribution is 2.54. The lowest BCUT2D eigenvalue weighted by Gasteiger charge is -2.27. The quantitative estimate of drug-likeness (QED) is 0.457. The summed E-state index contributed by atoms with van der Waals surface area (Å²) in [5.74, 6) is -0.593. The van der Waals surface area contributed by atoms with Gasteiger partial charge in [0, 0.05) is 0 Å². The zero-order chi connectivity index (χ0) is 19.4. The molecule has 0 saturated heterocycles. The molecule has 2 rings (SSSR count). The fraction of sp³-hybridized carbons (Fsp3) is 0.200. The molecule has 0 aliphatic heterocycles. The third-order valence-electron chi connectivity index (χ3n) is 2.75. The summed E-state index contributed by atoms with van der Waals surface area (Å²) in [5, 5.41) is 0. The molecule has 2 aromatic rings. The van der Waals surface area contributed by atoms with Gasteiger partial charge >= 0.3 is 20.2 Å². The van der Waals surface area contributed by atoms with Crippen LogP contribution in [-0.2, 0) is 9.09 Å². The van der Waals surface area contributed by atoms with E-state index in [9.17, 15) is 30.9 Å². The van der Waals surface area contributed by atoms with Gasteiger partial charge in [-0.15, -0.1) is 0 Å². The summed E-state index contributed by atoms with van der Waals surface area (Å²) in [4.78, 5) is 0. The molecule has 0 spiro atoms. The predicted molar refractivity (Wildman–Crippen MR) is 78.7 cm³/mol. The second-order valence-corrected chi connectivity index (χ2v) is 6.29. The molecule has 0 unspecified atom stereocenters. The fourth-order valence-corrected chi connectivity index (χ4v) is 3.10. The number of hydrogen-bond donors (Lipinski definition) is 0. The van der Waals surface area contributed by atoms with E-state index >= 15 is 0 Å². The summed E-state index contributed by atoms with van der Waals surface area (Å²) in [5.41, 5.74) is 0. The third kappa shape index (κ3) is 5.67. The van der Waals surface area contributed by atoms with E-state index in [4.69, 9.17) is 9.05 Å². The summed E-state index contributed by atoms with van der Waals surface area (Å²) in [6.45, 7) is 0. The smallest absolute Gasteiger partial charge is 0.395 e. The first-order valence-electron chi connectivity index (χ1n) is 6.91. The van der Waals surface area contributed by atoms with Crippen LogP contribution >= 0.6 is 7.82 Å². The Morgan fingerprint density at radius 3 is 1.35 bits per heavy atom. The van der Waals surface area contributed by atoms with E-state index in [1.54, 1.807) is 0 Å². The number of phosphoric ester groups is 1. The Balaban J connectivity index is 2.37. The molecule has 0 aliphatic rings. The Morgan fingerprint density at radius 2 is 1.04 bits per heavy atom. The van der Waals surface area contributed by atoms with Crippen LogP contribution in [0.5, 0.6) is 11.5 Å². The van der Waals surface area contributed by atoms with Gasteiger partial charge in [0.2, 0.25) is 0 Å². The van der Waals surface area contributed by atoms with Crippen LogP contribution in [0.15, 0.2) is 60.7 Å². The topological polar surface area (TPSA) is 44.8 Å². The zero-order valence-electron chi connectivity index (χ0n) is 12.7. The van der Waals surface area contributed by atoms with Crippen molar-refractivity contribution < 1.29 is 44.5 Å². The standard InChI is InChI=1S/C15H11F6O4P/c16-14(17,18)13(15(19,20)21)25-26(22,23-11-7-3-1-4-8-11)24-12-9-5-2-6-10-12/h1-10,13H. The average molecular weight is 400 g/mol. The van der Waals surface area contributed by atoms with Gasteiger partial charge in [0.1, 0.15) is 11.5 Å². The maximum Gasteiger partial charge on any atom is 0.588 e. The Morgan fingerprint density at radius 1 is 0.692 bits per heavy atom. The first-order chi connectivity index (χ1) is 12.0. The lowest BCUT2D eigenvalue weighted by molar-refractivity contribution is -0.302. The molecule has 0 radical (unpaired) electrons. The molecule has 0 saturated carbocycles. The normalized spacial score (nSPS) is 12.9. The van der Waals surface area contributed by atoms with E-state index in [1.807, 2.05) is 0 Å². The maximum absolute atomic E-state index is 12.7. The average Bonchev–Trinajstić information content (AvgIpc) is 2.52. The Labute approximate surface area is 143 Å². The monoisotopic (exact) mass is 400 g/mol. The maximum atomic E-state index is 12.7. The van der Waals surface area contributed by atoms with Crippen molar-refractivity contribution in [2.24, 2.45) is 0 Å². The minimum Gasteiger partial charge on any atom is -0.395 e. The van der Waals surface area contributed by atoms with Crippen molar-refractivity contribution >= 4 is 7.82 Å². The highest BCUT2D eigenvalue weighted by molar-refractivity contribution is 7.49. The van der Waals surface area contributed by atoms with Gasteiger partial charge in [-0.3, -0.25) is 0 Å². The molecule has 0 N–H and O–H groups in total. The molecule has 4 nitrogen and oxygen atoms in total. The summed E-state index contributed by atoms with van der Waals surface area (Å²) in [7, 11) is -5.35. The molecule has 0 aromatic heterocycles. The van der Waals surface area contributed by atoms with Crippen molar-refractivity contribution in [3.05, 3.63) is 60.7 Å². The van der Waals surface area contributed by atoms with E-state index < -0.39 is 26.3 Å². The second-order valence-electron chi connectivity index (χ2n) is 4.82. The molecule has 142 valence electrons. The van der Waals surface area contributed by atoms with Gasteiger partial charge in [0.25, 0.3) is 6.10 Å². The minimum absolute atomic E-state index is 0.296. The van der Waals surface area contributed by atoms with Crippen molar-refractivity contribution in [1.82, 2.24) is 0 Å². The first kappa shape index (κ1) is 20.1. The van der Waals surface area contributed by atoms with E-state index in [1.165, 1.54) is 60.7 Å². The number of para-hydroxylation sites is 2. The van der Waals surface area contributed by atoms with Crippen LogP contribution in [0.3, 0.4) is 0 Å². The summed E-state index contributed by atoms with van der Waals surface area (Å²) in [6, 6.07) is 13.2. The van der Waals surface area contributed by atoms with Gasteiger partial charge in [-0.2, -0.15) is 26.3 Å². The predicted octanol–water partition coefficient (Wildman–Crippen LogP) is 5.76. The number of halogens is 6. The number of hydrogen-bond acceptors (Lipinski definition) is 4. The van der Waals surface area contributed by atoms with Crippen LogP contribution in [0.4, 0.5) is 26.3 Å². The molecule has 2 aromatic carbocycles. The lowest BCUT2D eigenvalue weighted by atomic mass is 10.3. The van der Waals surface area contributed by atoms with Gasteiger partial charge in [-0.05, 0) is 24.3 Å². The van der Waals surface area contributed by atoms with E-state index in [-0.39, 0.29) is 11.5 Å². The molecular formula is C15H11F6O4P. The number of alkyl halides is 6. The van der Waals surface area contributed by atoms with Crippen molar-refractivity contribution in [2.45, 2.75) is 18.5 Å². The molecule has 11 heteroatoms. The van der Waals surface area contributed by atoms with Crippen molar-refractivity contribution in [3.63, 3.8) is 0 Å². The van der Waals surface area contributed by atoms with E-state index in [0.29, 0.717) is 0 Å². The molecule has 0 heterocycles. The van der Waals surface area contributed by atoms with Crippen LogP contribution in [0.25, 0.3) is 0 Å². The highest BCUT2D eigenvalue weighted by Gasteiger charge is 2.62.